The number of rotatable bonds is 1. The highest BCUT2D eigenvalue weighted by Gasteiger charge is 2.40. The van der Waals surface area contributed by atoms with Crippen molar-refractivity contribution in [1.82, 2.24) is 9.80 Å². The van der Waals surface area contributed by atoms with Crippen LogP contribution in [0.25, 0.3) is 12.2 Å². The zero-order valence-electron chi connectivity index (χ0n) is 16.6. The molecule has 0 aliphatic carbocycles. The highest BCUT2D eigenvalue weighted by Crippen LogP contribution is 2.46. The summed E-state index contributed by atoms with van der Waals surface area (Å²) in [6.07, 6.45) is 7.65. The van der Waals surface area contributed by atoms with E-state index in [1.165, 1.54) is 11.1 Å². The molecule has 2 aromatic rings. The molecule has 2 aliphatic heterocycles. The van der Waals surface area contributed by atoms with Crippen molar-refractivity contribution in [3.8, 4) is 0 Å². The van der Waals surface area contributed by atoms with Crippen molar-refractivity contribution in [3.05, 3.63) is 82.2 Å². The van der Waals surface area contributed by atoms with E-state index in [0.29, 0.717) is 0 Å². The van der Waals surface area contributed by atoms with Crippen LogP contribution >= 0.6 is 0 Å². The van der Waals surface area contributed by atoms with Crippen molar-refractivity contribution in [2.45, 2.75) is 39.8 Å². The van der Waals surface area contributed by atoms with Crippen molar-refractivity contribution >= 4 is 24.0 Å². The zero-order chi connectivity index (χ0) is 20.0. The summed E-state index contributed by atoms with van der Waals surface area (Å²) < 4.78 is 0. The monoisotopic (exact) mass is 372 g/mol. The van der Waals surface area contributed by atoms with E-state index in [0.717, 1.165) is 22.3 Å². The third-order valence-corrected chi connectivity index (χ3v) is 5.58. The molecule has 0 radical (unpaired) electrons. The Hall–Kier alpha value is -3.14. The maximum absolute atomic E-state index is 12.5. The summed E-state index contributed by atoms with van der Waals surface area (Å²) in [5.41, 5.74) is 6.63. The quantitative estimate of drug-likeness (QED) is 0.725. The lowest BCUT2D eigenvalue weighted by Crippen LogP contribution is -2.42. The van der Waals surface area contributed by atoms with Crippen molar-refractivity contribution in [1.29, 1.82) is 0 Å². The Morgan fingerprint density at radius 3 is 1.46 bits per heavy atom. The van der Waals surface area contributed by atoms with Crippen LogP contribution in [0.5, 0.6) is 0 Å². The molecule has 0 saturated heterocycles. The average Bonchev–Trinajstić information content (AvgIpc) is 2.65. The van der Waals surface area contributed by atoms with E-state index in [-0.39, 0.29) is 23.9 Å². The number of aryl methyl sites for hydroxylation is 2. The Morgan fingerprint density at radius 1 is 0.714 bits per heavy atom. The zero-order valence-corrected chi connectivity index (χ0v) is 16.6. The fraction of sp³-hybridized carbons (Fsp3) is 0.250. The second-order valence-corrected chi connectivity index (χ2v) is 7.64. The van der Waals surface area contributed by atoms with Crippen LogP contribution in [0.4, 0.5) is 0 Å². The van der Waals surface area contributed by atoms with Gasteiger partial charge in [-0.15, -0.1) is 0 Å². The molecule has 2 aliphatic rings. The molecule has 2 aromatic carbocycles. The minimum absolute atomic E-state index is 0.0424. The minimum Gasteiger partial charge on any atom is -0.309 e. The maximum atomic E-state index is 12.5. The molecule has 2 amide bonds. The van der Waals surface area contributed by atoms with Gasteiger partial charge in [0.1, 0.15) is 0 Å². The summed E-state index contributed by atoms with van der Waals surface area (Å²) in [4.78, 5) is 28.6. The van der Waals surface area contributed by atoms with Gasteiger partial charge in [-0.25, -0.2) is 0 Å². The van der Waals surface area contributed by atoms with Gasteiger partial charge in [0.2, 0.25) is 11.8 Å². The van der Waals surface area contributed by atoms with Gasteiger partial charge in [-0.05, 0) is 48.3 Å². The van der Waals surface area contributed by atoms with Gasteiger partial charge in [0.25, 0.3) is 0 Å². The molecule has 0 spiro atoms. The molecule has 0 unspecified atom stereocenters. The van der Waals surface area contributed by atoms with E-state index in [1.54, 1.807) is 23.6 Å². The number of fused-ring (bicyclic) bond motifs is 2. The Balaban J connectivity index is 1.95. The lowest BCUT2D eigenvalue weighted by atomic mass is 9.82. The van der Waals surface area contributed by atoms with E-state index in [2.05, 4.69) is 50.2 Å². The number of amides is 2. The maximum Gasteiger partial charge on any atom is 0.224 e. The third-order valence-electron chi connectivity index (χ3n) is 5.58. The van der Waals surface area contributed by atoms with Crippen molar-refractivity contribution in [2.75, 3.05) is 0 Å². The van der Waals surface area contributed by atoms with E-state index in [9.17, 15) is 9.59 Å². The third kappa shape index (κ3) is 2.95. The molecule has 4 rings (SSSR count). The van der Waals surface area contributed by atoms with Crippen LogP contribution in [0.15, 0.2) is 48.8 Å². The Kier molecular flexibility index (Phi) is 4.42. The molecule has 4 heteroatoms. The van der Waals surface area contributed by atoms with Crippen LogP contribution in [-0.4, -0.2) is 21.6 Å². The molecule has 4 nitrogen and oxygen atoms in total. The Morgan fingerprint density at radius 2 is 1.11 bits per heavy atom. The van der Waals surface area contributed by atoms with Gasteiger partial charge in [0, 0.05) is 26.2 Å². The topological polar surface area (TPSA) is 40.6 Å². The fourth-order valence-corrected chi connectivity index (χ4v) is 4.27. The SMILES string of the molecule is CC(=O)N1C=Cc2cc(C)ccc2[C@H]1[C@@H]1c2ccc(C)cc2C=CN1C(C)=O. The molecule has 2 atom stereocenters. The van der Waals surface area contributed by atoms with Gasteiger partial charge in [-0.3, -0.25) is 9.59 Å². The summed E-state index contributed by atoms with van der Waals surface area (Å²) in [6, 6.07) is 12.0. The second kappa shape index (κ2) is 6.79. The molecule has 2 heterocycles. The Labute approximate surface area is 165 Å². The highest BCUT2D eigenvalue weighted by atomic mass is 16.2. The first kappa shape index (κ1) is 18.2. The van der Waals surface area contributed by atoms with Crippen LogP contribution in [0.3, 0.4) is 0 Å². The van der Waals surface area contributed by atoms with E-state index >= 15 is 0 Å². The van der Waals surface area contributed by atoms with Crippen LogP contribution < -0.4 is 0 Å². The first-order chi connectivity index (χ1) is 13.4. The summed E-state index contributed by atoms with van der Waals surface area (Å²) in [5.74, 6) is -0.0848. The first-order valence-electron chi connectivity index (χ1n) is 9.52. The van der Waals surface area contributed by atoms with Crippen molar-refractivity contribution in [3.63, 3.8) is 0 Å². The van der Waals surface area contributed by atoms with E-state index in [1.807, 2.05) is 24.6 Å². The lowest BCUT2D eigenvalue weighted by Gasteiger charge is -2.44. The van der Waals surface area contributed by atoms with Crippen molar-refractivity contribution in [2.24, 2.45) is 0 Å². The predicted molar refractivity (Wildman–Crippen MR) is 111 cm³/mol. The largest absolute Gasteiger partial charge is 0.309 e. The molecular weight excluding hydrogens is 348 g/mol. The summed E-state index contributed by atoms with van der Waals surface area (Å²) in [5, 5.41) is 0. The number of benzene rings is 2. The van der Waals surface area contributed by atoms with Crippen LogP contribution in [0.1, 0.15) is 59.3 Å². The number of hydrogen-bond acceptors (Lipinski definition) is 2. The summed E-state index contributed by atoms with van der Waals surface area (Å²) >= 11 is 0. The smallest absolute Gasteiger partial charge is 0.224 e. The second-order valence-electron chi connectivity index (χ2n) is 7.64. The lowest BCUT2D eigenvalue weighted by molar-refractivity contribution is -0.134. The molecule has 28 heavy (non-hydrogen) atoms. The van der Waals surface area contributed by atoms with Crippen molar-refractivity contribution < 1.29 is 9.59 Å². The molecule has 0 bridgehead atoms. The number of carbonyl (C=O) groups excluding carboxylic acids is 2. The summed E-state index contributed by atoms with van der Waals surface area (Å²) in [7, 11) is 0. The fourth-order valence-electron chi connectivity index (χ4n) is 4.27. The number of nitrogens with zero attached hydrogens (tertiary/aromatic N) is 2. The molecule has 0 fully saturated rings. The van der Waals surface area contributed by atoms with Gasteiger partial charge in [0.15, 0.2) is 0 Å². The predicted octanol–water partition coefficient (Wildman–Crippen LogP) is 4.75. The van der Waals surface area contributed by atoms with Crippen LogP contribution in [0.2, 0.25) is 0 Å². The van der Waals surface area contributed by atoms with Gasteiger partial charge < -0.3 is 9.80 Å². The van der Waals surface area contributed by atoms with Gasteiger partial charge in [-0.2, -0.15) is 0 Å². The molecule has 0 aromatic heterocycles. The first-order valence-corrected chi connectivity index (χ1v) is 9.52. The Bertz CT molecular complexity index is 951. The summed E-state index contributed by atoms with van der Waals surface area (Å²) in [6.45, 7) is 7.26. The van der Waals surface area contributed by atoms with E-state index in [4.69, 9.17) is 0 Å². The molecular formula is C24H24N2O2. The number of carbonyl (C=O) groups is 2. The van der Waals surface area contributed by atoms with Crippen LogP contribution in [0, 0.1) is 13.8 Å². The molecule has 142 valence electrons. The number of hydrogen-bond donors (Lipinski definition) is 0. The highest BCUT2D eigenvalue weighted by molar-refractivity contribution is 5.81. The van der Waals surface area contributed by atoms with Gasteiger partial charge in [0.05, 0.1) is 12.1 Å². The normalized spacial score (nSPS) is 20.0. The van der Waals surface area contributed by atoms with Crippen LogP contribution in [-0.2, 0) is 9.59 Å². The standard InChI is InChI=1S/C24H24N2O2/c1-15-5-7-21-19(13-15)9-11-25(17(3)27)23(21)24-22-8-6-16(2)14-20(22)10-12-26(24)18(4)28/h5-14,23-24H,1-4H3/t23-,24-/m0/s1. The minimum atomic E-state index is -0.284. The molecule has 0 saturated carbocycles. The van der Waals surface area contributed by atoms with Gasteiger partial charge >= 0.3 is 0 Å². The van der Waals surface area contributed by atoms with E-state index < -0.39 is 0 Å². The van der Waals surface area contributed by atoms with Gasteiger partial charge in [-0.1, -0.05) is 47.5 Å². The average molecular weight is 372 g/mol. The molecule has 0 N–H and O–H groups in total.